The van der Waals surface area contributed by atoms with Crippen LogP contribution in [0.3, 0.4) is 0 Å². The van der Waals surface area contributed by atoms with Crippen molar-refractivity contribution in [1.82, 2.24) is 14.5 Å². The van der Waals surface area contributed by atoms with Crippen molar-refractivity contribution < 1.29 is 8.42 Å². The van der Waals surface area contributed by atoms with Gasteiger partial charge in [-0.25, -0.2) is 13.1 Å². The number of aromatic nitrogens is 2. The van der Waals surface area contributed by atoms with Crippen LogP contribution in [0.2, 0.25) is 0 Å². The number of hydrogen-bond donors (Lipinski definition) is 1. The number of rotatable bonds is 6. The number of sulfonamides is 1. The van der Waals surface area contributed by atoms with Gasteiger partial charge in [-0.1, -0.05) is 0 Å². The van der Waals surface area contributed by atoms with E-state index in [1.54, 1.807) is 4.68 Å². The van der Waals surface area contributed by atoms with Crippen LogP contribution in [0, 0.1) is 13.8 Å². The van der Waals surface area contributed by atoms with Gasteiger partial charge in [0.15, 0.2) is 0 Å². The minimum absolute atomic E-state index is 0.0643. The van der Waals surface area contributed by atoms with Crippen LogP contribution in [-0.4, -0.2) is 29.8 Å². The van der Waals surface area contributed by atoms with Crippen LogP contribution >= 0.6 is 11.6 Å². The Hall–Kier alpha value is -0.590. The molecular weight excluding hydrogens is 262 g/mol. The smallest absolute Gasteiger partial charge is 0.211 e. The van der Waals surface area contributed by atoms with E-state index >= 15 is 0 Å². The third-order valence-electron chi connectivity index (χ3n) is 2.67. The fourth-order valence-electron chi connectivity index (χ4n) is 1.57. The van der Waals surface area contributed by atoms with E-state index in [1.807, 2.05) is 20.9 Å². The van der Waals surface area contributed by atoms with Crippen LogP contribution in [0.5, 0.6) is 0 Å². The number of nitrogens with zero attached hydrogens (tertiary/aromatic N) is 2. The van der Waals surface area contributed by atoms with Gasteiger partial charge in [-0.05, 0) is 20.3 Å². The zero-order valence-corrected chi connectivity index (χ0v) is 11.9. The van der Waals surface area contributed by atoms with E-state index in [-0.39, 0.29) is 12.3 Å². The Kier molecular flexibility index (Phi) is 4.97. The van der Waals surface area contributed by atoms with Gasteiger partial charge in [0, 0.05) is 30.7 Å². The van der Waals surface area contributed by atoms with E-state index in [2.05, 4.69) is 9.82 Å². The van der Waals surface area contributed by atoms with Gasteiger partial charge in [0.1, 0.15) is 0 Å². The molecular formula is C10H18ClN3O2S. The first kappa shape index (κ1) is 14.5. The molecule has 1 aromatic rings. The maximum atomic E-state index is 11.6. The van der Waals surface area contributed by atoms with Gasteiger partial charge in [0.05, 0.1) is 11.4 Å². The molecule has 0 aliphatic rings. The topological polar surface area (TPSA) is 64.0 Å². The summed E-state index contributed by atoms with van der Waals surface area (Å²) in [6, 6.07) is 0. The molecule has 1 rings (SSSR count). The molecule has 98 valence electrons. The average Bonchev–Trinajstić information content (AvgIpc) is 2.48. The highest BCUT2D eigenvalue weighted by Crippen LogP contribution is 2.11. The van der Waals surface area contributed by atoms with Gasteiger partial charge < -0.3 is 0 Å². The molecule has 0 bridgehead atoms. The fraction of sp³-hybridized carbons (Fsp3) is 0.700. The predicted octanol–water partition coefficient (Wildman–Crippen LogP) is 1.09. The molecule has 0 atom stereocenters. The summed E-state index contributed by atoms with van der Waals surface area (Å²) in [5, 5.41) is 4.23. The second-order valence-electron chi connectivity index (χ2n) is 3.96. The summed E-state index contributed by atoms with van der Waals surface area (Å²) in [5.74, 6) is 0.417. The molecule has 0 saturated heterocycles. The number of alkyl halides is 1. The quantitative estimate of drug-likeness (QED) is 0.793. The van der Waals surface area contributed by atoms with E-state index in [1.165, 1.54) is 0 Å². The van der Waals surface area contributed by atoms with E-state index in [9.17, 15) is 8.42 Å². The lowest BCUT2D eigenvalue weighted by Gasteiger charge is -2.06. The Morgan fingerprint density at radius 2 is 2.06 bits per heavy atom. The van der Waals surface area contributed by atoms with Crippen LogP contribution in [0.15, 0.2) is 0 Å². The lowest BCUT2D eigenvalue weighted by atomic mass is 10.2. The second-order valence-corrected chi connectivity index (χ2v) is 6.26. The minimum atomic E-state index is -3.24. The van der Waals surface area contributed by atoms with Crippen molar-refractivity contribution in [2.45, 2.75) is 26.8 Å². The van der Waals surface area contributed by atoms with Crippen molar-refractivity contribution in [2.24, 2.45) is 7.05 Å². The third-order valence-corrected chi connectivity index (χ3v) is 4.35. The lowest BCUT2D eigenvalue weighted by molar-refractivity contribution is 0.579. The first-order valence-corrected chi connectivity index (χ1v) is 7.58. The molecule has 1 N–H and O–H groups in total. The molecule has 0 spiro atoms. The molecule has 5 nitrogen and oxygen atoms in total. The predicted molar refractivity (Wildman–Crippen MR) is 68.6 cm³/mol. The number of halogens is 1. The summed E-state index contributed by atoms with van der Waals surface area (Å²) in [7, 11) is -1.40. The molecule has 1 aromatic heterocycles. The summed E-state index contributed by atoms with van der Waals surface area (Å²) in [6.07, 6.45) is 0.460. The van der Waals surface area contributed by atoms with Crippen molar-refractivity contribution in [2.75, 3.05) is 11.6 Å². The van der Waals surface area contributed by atoms with Crippen LogP contribution in [-0.2, 0) is 23.6 Å². The molecule has 0 unspecified atom stereocenters. The fourth-order valence-corrected chi connectivity index (χ4v) is 2.90. The number of hydrogen-bond acceptors (Lipinski definition) is 3. The maximum absolute atomic E-state index is 11.6. The highest BCUT2D eigenvalue weighted by molar-refractivity contribution is 7.89. The third kappa shape index (κ3) is 3.97. The van der Waals surface area contributed by atoms with E-state index in [0.29, 0.717) is 12.3 Å². The Labute approximate surface area is 107 Å². The van der Waals surface area contributed by atoms with Crippen molar-refractivity contribution in [3.05, 3.63) is 17.0 Å². The Balaban J connectivity index is 2.67. The maximum Gasteiger partial charge on any atom is 0.211 e. The molecule has 0 amide bonds. The van der Waals surface area contributed by atoms with E-state index < -0.39 is 10.0 Å². The first-order chi connectivity index (χ1) is 7.87. The van der Waals surface area contributed by atoms with Crippen molar-refractivity contribution in [3.63, 3.8) is 0 Å². The standard InChI is InChI=1S/C10H18ClN3O2S/c1-8-10(9(2)14(3)13-8)7-12-17(15,16)6-4-5-11/h12H,4-7H2,1-3H3. The molecule has 7 heteroatoms. The van der Waals surface area contributed by atoms with Crippen LogP contribution in [0.1, 0.15) is 23.4 Å². The van der Waals surface area contributed by atoms with Crippen LogP contribution < -0.4 is 4.72 Å². The highest BCUT2D eigenvalue weighted by atomic mass is 35.5. The zero-order chi connectivity index (χ0) is 13.1. The van der Waals surface area contributed by atoms with Crippen molar-refractivity contribution >= 4 is 21.6 Å². The SMILES string of the molecule is Cc1nn(C)c(C)c1CNS(=O)(=O)CCCCl. The lowest BCUT2D eigenvalue weighted by Crippen LogP contribution is -2.26. The first-order valence-electron chi connectivity index (χ1n) is 5.39. The molecule has 0 aliphatic heterocycles. The Morgan fingerprint density at radius 1 is 1.41 bits per heavy atom. The van der Waals surface area contributed by atoms with Crippen LogP contribution in [0.25, 0.3) is 0 Å². The second kappa shape index (κ2) is 5.84. The van der Waals surface area contributed by atoms with Gasteiger partial charge in [-0.3, -0.25) is 4.68 Å². The van der Waals surface area contributed by atoms with E-state index in [4.69, 9.17) is 11.6 Å². The minimum Gasteiger partial charge on any atom is -0.272 e. The van der Waals surface area contributed by atoms with Crippen molar-refractivity contribution in [3.8, 4) is 0 Å². The Morgan fingerprint density at radius 3 is 2.53 bits per heavy atom. The van der Waals surface area contributed by atoms with Gasteiger partial charge in [-0.15, -0.1) is 11.6 Å². The largest absolute Gasteiger partial charge is 0.272 e. The molecule has 1 heterocycles. The summed E-state index contributed by atoms with van der Waals surface area (Å²) in [5.41, 5.74) is 2.76. The van der Waals surface area contributed by atoms with Crippen LogP contribution in [0.4, 0.5) is 0 Å². The van der Waals surface area contributed by atoms with Crippen molar-refractivity contribution in [1.29, 1.82) is 0 Å². The molecule has 0 aromatic carbocycles. The molecule has 0 aliphatic carbocycles. The summed E-state index contributed by atoms with van der Waals surface area (Å²) < 4.78 is 27.5. The summed E-state index contributed by atoms with van der Waals surface area (Å²) >= 11 is 5.47. The van der Waals surface area contributed by atoms with Gasteiger partial charge in [0.25, 0.3) is 0 Å². The average molecular weight is 280 g/mol. The Bertz CT molecular complexity index is 482. The molecule has 0 radical (unpaired) electrons. The van der Waals surface area contributed by atoms with E-state index in [0.717, 1.165) is 17.0 Å². The number of nitrogens with one attached hydrogen (secondary N) is 1. The summed E-state index contributed by atoms with van der Waals surface area (Å²) in [4.78, 5) is 0. The highest BCUT2D eigenvalue weighted by Gasteiger charge is 2.13. The normalized spacial score (nSPS) is 12.0. The summed E-state index contributed by atoms with van der Waals surface area (Å²) in [6.45, 7) is 4.08. The molecule has 0 fully saturated rings. The molecule has 17 heavy (non-hydrogen) atoms. The van der Waals surface area contributed by atoms with Gasteiger partial charge in [0.2, 0.25) is 10.0 Å². The monoisotopic (exact) mass is 279 g/mol. The zero-order valence-electron chi connectivity index (χ0n) is 10.3. The number of aryl methyl sites for hydroxylation is 2. The van der Waals surface area contributed by atoms with Gasteiger partial charge >= 0.3 is 0 Å². The van der Waals surface area contributed by atoms with Gasteiger partial charge in [-0.2, -0.15) is 5.10 Å². The molecule has 0 saturated carbocycles.